The first-order valence-corrected chi connectivity index (χ1v) is 6.55. The van der Waals surface area contributed by atoms with E-state index in [1.165, 1.54) is 25.0 Å². The third-order valence-electron chi connectivity index (χ3n) is 2.16. The van der Waals surface area contributed by atoms with Gasteiger partial charge in [0, 0.05) is 24.2 Å². The first kappa shape index (κ1) is 11.4. The van der Waals surface area contributed by atoms with Crippen LogP contribution in [0.3, 0.4) is 0 Å². The van der Waals surface area contributed by atoms with Crippen molar-refractivity contribution in [2.75, 3.05) is 24.7 Å². The van der Waals surface area contributed by atoms with E-state index < -0.39 is 0 Å². The largest absolute Gasteiger partial charge is 0.312 e. The number of halogens is 1. The second-order valence-corrected chi connectivity index (χ2v) is 4.99. The van der Waals surface area contributed by atoms with Gasteiger partial charge in [-0.3, -0.25) is 0 Å². The summed E-state index contributed by atoms with van der Waals surface area (Å²) in [6.07, 6.45) is 8.30. The number of hydrogen-bond acceptors (Lipinski definition) is 2. The molecule has 1 saturated heterocycles. The van der Waals surface area contributed by atoms with Gasteiger partial charge in [0.15, 0.2) is 0 Å². The summed E-state index contributed by atoms with van der Waals surface area (Å²) in [5.74, 6) is 1.98. The molecular formula is C10H18ClNS. The van der Waals surface area contributed by atoms with Crippen LogP contribution in [0.1, 0.15) is 19.3 Å². The summed E-state index contributed by atoms with van der Waals surface area (Å²) < 4.78 is 0. The maximum atomic E-state index is 5.51. The fourth-order valence-electron chi connectivity index (χ4n) is 1.44. The van der Waals surface area contributed by atoms with Crippen LogP contribution >= 0.6 is 23.4 Å². The molecule has 1 unspecified atom stereocenters. The van der Waals surface area contributed by atoms with Crippen molar-refractivity contribution in [1.29, 1.82) is 0 Å². The highest BCUT2D eigenvalue weighted by molar-refractivity contribution is 7.99. The van der Waals surface area contributed by atoms with Crippen LogP contribution in [0.15, 0.2) is 12.2 Å². The molecule has 0 spiro atoms. The Hall–Kier alpha value is 0.340. The minimum absolute atomic E-state index is 0.625. The van der Waals surface area contributed by atoms with Gasteiger partial charge in [-0.2, -0.15) is 11.8 Å². The lowest BCUT2D eigenvalue weighted by Gasteiger charge is -2.21. The topological polar surface area (TPSA) is 12.0 Å². The summed E-state index contributed by atoms with van der Waals surface area (Å²) in [7, 11) is 0. The van der Waals surface area contributed by atoms with Gasteiger partial charge in [-0.05, 0) is 18.6 Å². The predicted molar refractivity (Wildman–Crippen MR) is 62.8 cm³/mol. The number of allylic oxidation sites excluding steroid dienone is 1. The Morgan fingerprint density at radius 1 is 1.38 bits per heavy atom. The van der Waals surface area contributed by atoms with Gasteiger partial charge in [0.2, 0.25) is 0 Å². The van der Waals surface area contributed by atoms with Gasteiger partial charge in [-0.25, -0.2) is 0 Å². The molecule has 3 heteroatoms. The molecule has 0 bridgehead atoms. The Morgan fingerprint density at radius 2 is 2.31 bits per heavy atom. The first-order valence-electron chi connectivity index (χ1n) is 4.97. The van der Waals surface area contributed by atoms with E-state index in [-0.39, 0.29) is 0 Å². The van der Waals surface area contributed by atoms with E-state index in [0.29, 0.717) is 5.88 Å². The van der Waals surface area contributed by atoms with Crippen molar-refractivity contribution in [2.45, 2.75) is 24.5 Å². The van der Waals surface area contributed by atoms with Crippen molar-refractivity contribution in [3.8, 4) is 0 Å². The molecule has 1 nitrogen and oxygen atoms in total. The molecule has 1 N–H and O–H groups in total. The molecule has 76 valence electrons. The smallest absolute Gasteiger partial charge is 0.0404 e. The predicted octanol–water partition coefficient (Wildman–Crippen LogP) is 2.66. The average Bonchev–Trinajstić information content (AvgIpc) is 2.19. The van der Waals surface area contributed by atoms with E-state index in [9.17, 15) is 0 Å². The van der Waals surface area contributed by atoms with Crippen LogP contribution < -0.4 is 5.32 Å². The van der Waals surface area contributed by atoms with Gasteiger partial charge < -0.3 is 5.32 Å². The number of rotatable bonds is 5. The molecule has 0 aliphatic carbocycles. The van der Waals surface area contributed by atoms with Gasteiger partial charge in [-0.1, -0.05) is 18.6 Å². The molecule has 1 atom stereocenters. The number of alkyl halides is 1. The van der Waals surface area contributed by atoms with Crippen molar-refractivity contribution < 1.29 is 0 Å². The molecule has 0 radical (unpaired) electrons. The summed E-state index contributed by atoms with van der Waals surface area (Å²) in [6.45, 7) is 2.11. The standard InChI is InChI=1S/C10H18ClNS/c11-6-2-3-7-12-9-10-5-1-4-8-13-10/h2-3,10,12H,1,4-9H2/b3-2+. The van der Waals surface area contributed by atoms with Crippen molar-refractivity contribution >= 4 is 23.4 Å². The third kappa shape index (κ3) is 5.61. The zero-order valence-electron chi connectivity index (χ0n) is 7.97. The van der Waals surface area contributed by atoms with Crippen LogP contribution in [-0.2, 0) is 0 Å². The number of hydrogen-bond donors (Lipinski definition) is 1. The van der Waals surface area contributed by atoms with Gasteiger partial charge in [0.25, 0.3) is 0 Å². The molecule has 1 rings (SSSR count). The lowest BCUT2D eigenvalue weighted by Crippen LogP contribution is -2.26. The number of nitrogens with one attached hydrogen (secondary N) is 1. The van der Waals surface area contributed by atoms with Crippen molar-refractivity contribution in [2.24, 2.45) is 0 Å². The summed E-state index contributed by atoms with van der Waals surface area (Å²) in [5, 5.41) is 4.27. The Bertz CT molecular complexity index is 144. The van der Waals surface area contributed by atoms with Crippen molar-refractivity contribution in [3.63, 3.8) is 0 Å². The van der Waals surface area contributed by atoms with Crippen LogP contribution in [0, 0.1) is 0 Å². The highest BCUT2D eigenvalue weighted by Crippen LogP contribution is 2.23. The second-order valence-electron chi connectivity index (χ2n) is 3.27. The minimum Gasteiger partial charge on any atom is -0.312 e. The monoisotopic (exact) mass is 219 g/mol. The van der Waals surface area contributed by atoms with E-state index in [1.54, 1.807) is 0 Å². The summed E-state index contributed by atoms with van der Waals surface area (Å²) in [6, 6.07) is 0. The van der Waals surface area contributed by atoms with Crippen LogP contribution in [-0.4, -0.2) is 30.0 Å². The highest BCUT2D eigenvalue weighted by atomic mass is 35.5. The van der Waals surface area contributed by atoms with Gasteiger partial charge in [0.1, 0.15) is 0 Å². The van der Waals surface area contributed by atoms with E-state index in [0.717, 1.165) is 18.3 Å². The molecule has 1 aliphatic heterocycles. The maximum Gasteiger partial charge on any atom is 0.0404 e. The molecule has 0 saturated carbocycles. The molecule has 1 aliphatic rings. The van der Waals surface area contributed by atoms with E-state index >= 15 is 0 Å². The highest BCUT2D eigenvalue weighted by Gasteiger charge is 2.12. The van der Waals surface area contributed by atoms with Gasteiger partial charge >= 0.3 is 0 Å². The quantitative estimate of drug-likeness (QED) is 0.434. The Balaban J connectivity index is 1.95. The zero-order chi connectivity index (χ0) is 9.36. The Kier molecular flexibility index (Phi) is 6.78. The molecule has 0 aromatic rings. The molecule has 1 fully saturated rings. The van der Waals surface area contributed by atoms with Crippen LogP contribution in [0.5, 0.6) is 0 Å². The Labute approximate surface area is 90.3 Å². The Morgan fingerprint density at radius 3 is 3.00 bits per heavy atom. The zero-order valence-corrected chi connectivity index (χ0v) is 9.54. The third-order valence-corrected chi connectivity index (χ3v) is 3.74. The van der Waals surface area contributed by atoms with Crippen LogP contribution in [0.4, 0.5) is 0 Å². The maximum absolute atomic E-state index is 5.51. The molecule has 13 heavy (non-hydrogen) atoms. The average molecular weight is 220 g/mol. The van der Waals surface area contributed by atoms with E-state index in [4.69, 9.17) is 11.6 Å². The fraction of sp³-hybridized carbons (Fsp3) is 0.800. The SMILES string of the molecule is ClC/C=C/CNCC1CCCCS1. The normalized spacial score (nSPS) is 23.9. The van der Waals surface area contributed by atoms with E-state index in [1.807, 2.05) is 6.08 Å². The van der Waals surface area contributed by atoms with Gasteiger partial charge in [0.05, 0.1) is 0 Å². The summed E-state index contributed by atoms with van der Waals surface area (Å²) in [4.78, 5) is 0. The summed E-state index contributed by atoms with van der Waals surface area (Å²) >= 11 is 7.62. The molecule has 0 aromatic heterocycles. The van der Waals surface area contributed by atoms with Gasteiger partial charge in [-0.15, -0.1) is 11.6 Å². The second kappa shape index (κ2) is 7.72. The molecule has 0 aromatic carbocycles. The fourth-order valence-corrected chi connectivity index (χ4v) is 2.84. The van der Waals surface area contributed by atoms with Crippen molar-refractivity contribution in [1.82, 2.24) is 5.32 Å². The lowest BCUT2D eigenvalue weighted by atomic mass is 10.2. The number of thioether (sulfide) groups is 1. The summed E-state index contributed by atoms with van der Waals surface area (Å²) in [5.41, 5.74) is 0. The molecule has 0 amide bonds. The van der Waals surface area contributed by atoms with Crippen LogP contribution in [0.2, 0.25) is 0 Å². The molecular weight excluding hydrogens is 202 g/mol. The molecule has 1 heterocycles. The van der Waals surface area contributed by atoms with Crippen molar-refractivity contribution in [3.05, 3.63) is 12.2 Å². The minimum atomic E-state index is 0.625. The van der Waals surface area contributed by atoms with Crippen LogP contribution in [0.25, 0.3) is 0 Å². The lowest BCUT2D eigenvalue weighted by molar-refractivity contribution is 0.618. The van der Waals surface area contributed by atoms with E-state index in [2.05, 4.69) is 23.2 Å². The first-order chi connectivity index (χ1) is 6.43.